The normalized spacial score (nSPS) is 10.7. The summed E-state index contributed by atoms with van der Waals surface area (Å²) in [6.07, 6.45) is 1.40. The lowest BCUT2D eigenvalue weighted by Gasteiger charge is -2.04. The van der Waals surface area contributed by atoms with E-state index in [1.807, 2.05) is 12.1 Å². The Morgan fingerprint density at radius 1 is 1.13 bits per heavy atom. The van der Waals surface area contributed by atoms with E-state index in [1.54, 1.807) is 30.3 Å². The van der Waals surface area contributed by atoms with Crippen LogP contribution >= 0.6 is 34.8 Å². The first-order valence-corrected chi connectivity index (χ1v) is 7.80. The maximum Gasteiger partial charge on any atom is 0.261 e. The van der Waals surface area contributed by atoms with E-state index in [4.69, 9.17) is 39.6 Å². The van der Waals surface area contributed by atoms with Crippen molar-refractivity contribution < 1.29 is 9.63 Å². The van der Waals surface area contributed by atoms with Crippen molar-refractivity contribution in [1.82, 2.24) is 5.32 Å². The van der Waals surface area contributed by atoms with Crippen molar-refractivity contribution in [3.8, 4) is 0 Å². The second-order valence-corrected chi connectivity index (χ2v) is 5.78. The zero-order valence-corrected chi connectivity index (χ0v) is 14.2. The molecule has 120 valence electrons. The van der Waals surface area contributed by atoms with Gasteiger partial charge in [-0.15, -0.1) is 0 Å². The molecule has 0 aliphatic heterocycles. The van der Waals surface area contributed by atoms with Gasteiger partial charge in [0.1, 0.15) is 0 Å². The Morgan fingerprint density at radius 3 is 2.61 bits per heavy atom. The smallest absolute Gasteiger partial charge is 0.261 e. The molecule has 0 unspecified atom stereocenters. The maximum absolute atomic E-state index is 11.6. The summed E-state index contributed by atoms with van der Waals surface area (Å²) in [4.78, 5) is 16.6. The van der Waals surface area contributed by atoms with Gasteiger partial charge < -0.3 is 10.2 Å². The van der Waals surface area contributed by atoms with Crippen LogP contribution in [0.2, 0.25) is 15.1 Å². The lowest BCUT2D eigenvalue weighted by molar-refractivity contribution is -0.125. The Hall–Kier alpha value is -1.75. The minimum absolute atomic E-state index is 0.192. The Balaban J connectivity index is 1.75. The van der Waals surface area contributed by atoms with Crippen molar-refractivity contribution in [2.45, 2.75) is 6.54 Å². The number of nitrogens with one attached hydrogen (secondary N) is 1. The molecule has 0 heterocycles. The number of carbonyl (C=O) groups excluding carboxylic acids is 1. The quantitative estimate of drug-likeness (QED) is 0.607. The Bertz CT molecular complexity index is 703. The van der Waals surface area contributed by atoms with Gasteiger partial charge >= 0.3 is 0 Å². The molecule has 23 heavy (non-hydrogen) atoms. The molecule has 0 saturated carbocycles. The molecular formula is C16H13Cl3N2O2. The summed E-state index contributed by atoms with van der Waals surface area (Å²) in [7, 11) is 0. The first-order valence-electron chi connectivity index (χ1n) is 6.67. The third-order valence-electron chi connectivity index (χ3n) is 2.85. The topological polar surface area (TPSA) is 50.7 Å². The molecule has 7 heteroatoms. The fourth-order valence-electron chi connectivity index (χ4n) is 1.66. The maximum atomic E-state index is 11.6. The summed E-state index contributed by atoms with van der Waals surface area (Å²) in [6.45, 7) is 0.200. The first-order chi connectivity index (χ1) is 11.1. The van der Waals surface area contributed by atoms with E-state index in [1.165, 1.54) is 6.21 Å². The fourth-order valence-corrected chi connectivity index (χ4v) is 2.15. The highest BCUT2D eigenvalue weighted by molar-refractivity contribution is 6.43. The van der Waals surface area contributed by atoms with Crippen molar-refractivity contribution in [2.75, 3.05) is 6.61 Å². The second-order valence-electron chi connectivity index (χ2n) is 4.55. The summed E-state index contributed by atoms with van der Waals surface area (Å²) >= 11 is 17.7. The number of benzene rings is 2. The molecule has 4 nitrogen and oxygen atoms in total. The van der Waals surface area contributed by atoms with Crippen molar-refractivity contribution >= 4 is 46.9 Å². The largest absolute Gasteiger partial charge is 0.386 e. The molecule has 0 atom stereocenters. The Labute approximate surface area is 149 Å². The molecule has 2 rings (SSSR count). The Kier molecular flexibility index (Phi) is 6.71. The number of rotatable bonds is 6. The molecule has 1 N–H and O–H groups in total. The molecule has 0 fully saturated rings. The second kappa shape index (κ2) is 8.77. The summed E-state index contributed by atoms with van der Waals surface area (Å²) in [5, 5.41) is 7.87. The number of nitrogens with zero attached hydrogens (tertiary/aromatic N) is 1. The molecule has 2 aromatic carbocycles. The first kappa shape index (κ1) is 17.6. The predicted molar refractivity (Wildman–Crippen MR) is 93.3 cm³/mol. The molecule has 1 amide bonds. The molecule has 0 spiro atoms. The predicted octanol–water partition coefficient (Wildman–Crippen LogP) is 4.31. The lowest BCUT2D eigenvalue weighted by Crippen LogP contribution is -2.26. The highest BCUT2D eigenvalue weighted by Gasteiger charge is 2.03. The van der Waals surface area contributed by atoms with Crippen molar-refractivity contribution in [2.24, 2.45) is 5.16 Å². The van der Waals surface area contributed by atoms with Crippen molar-refractivity contribution in [1.29, 1.82) is 0 Å². The third-order valence-corrected chi connectivity index (χ3v) is 3.93. The minimum atomic E-state index is -0.283. The van der Waals surface area contributed by atoms with Crippen LogP contribution in [0.3, 0.4) is 0 Å². The fraction of sp³-hybridized carbons (Fsp3) is 0.125. The summed E-state index contributed by atoms with van der Waals surface area (Å²) in [5.41, 5.74) is 1.55. The molecule has 2 aromatic rings. The van der Waals surface area contributed by atoms with Gasteiger partial charge in [-0.3, -0.25) is 4.79 Å². The van der Waals surface area contributed by atoms with E-state index in [-0.39, 0.29) is 12.5 Å². The van der Waals surface area contributed by atoms with Gasteiger partial charge in [0.15, 0.2) is 6.61 Å². The van der Waals surface area contributed by atoms with Crippen LogP contribution in [0.5, 0.6) is 0 Å². The van der Waals surface area contributed by atoms with E-state index >= 15 is 0 Å². The van der Waals surface area contributed by atoms with Crippen LogP contribution < -0.4 is 5.32 Å². The van der Waals surface area contributed by atoms with Crippen LogP contribution in [0.25, 0.3) is 0 Å². The molecule has 0 aromatic heterocycles. The monoisotopic (exact) mass is 370 g/mol. The average Bonchev–Trinajstić information content (AvgIpc) is 2.55. The van der Waals surface area contributed by atoms with Crippen LogP contribution in [0, 0.1) is 0 Å². The van der Waals surface area contributed by atoms with Gasteiger partial charge in [0.25, 0.3) is 5.91 Å². The van der Waals surface area contributed by atoms with Gasteiger partial charge in [-0.2, -0.15) is 0 Å². The number of oxime groups is 1. The third kappa shape index (κ3) is 5.75. The molecular weight excluding hydrogens is 359 g/mol. The van der Waals surface area contributed by atoms with Gasteiger partial charge in [-0.1, -0.05) is 64.2 Å². The van der Waals surface area contributed by atoms with E-state index in [0.29, 0.717) is 27.2 Å². The number of carbonyl (C=O) groups is 1. The van der Waals surface area contributed by atoms with Crippen LogP contribution in [-0.4, -0.2) is 18.7 Å². The van der Waals surface area contributed by atoms with Gasteiger partial charge in [0.2, 0.25) is 0 Å². The van der Waals surface area contributed by atoms with Gasteiger partial charge in [-0.25, -0.2) is 0 Å². The van der Waals surface area contributed by atoms with Crippen LogP contribution in [0.1, 0.15) is 11.1 Å². The van der Waals surface area contributed by atoms with Gasteiger partial charge in [-0.05, 0) is 23.8 Å². The number of halogens is 3. The van der Waals surface area contributed by atoms with Crippen LogP contribution in [-0.2, 0) is 16.2 Å². The molecule has 0 saturated heterocycles. The average molecular weight is 372 g/mol. The molecule has 0 bridgehead atoms. The number of hydrogen-bond donors (Lipinski definition) is 1. The van der Waals surface area contributed by atoms with Crippen LogP contribution in [0.15, 0.2) is 47.6 Å². The zero-order chi connectivity index (χ0) is 16.7. The SMILES string of the molecule is O=C(CO/N=C\c1cccc(Cl)c1Cl)NCc1ccc(Cl)cc1. The number of amides is 1. The zero-order valence-electron chi connectivity index (χ0n) is 11.9. The highest BCUT2D eigenvalue weighted by Crippen LogP contribution is 2.24. The van der Waals surface area contributed by atoms with E-state index in [9.17, 15) is 4.79 Å². The molecule has 0 radical (unpaired) electrons. The number of hydrogen-bond acceptors (Lipinski definition) is 3. The highest BCUT2D eigenvalue weighted by atomic mass is 35.5. The van der Waals surface area contributed by atoms with E-state index in [0.717, 1.165) is 5.56 Å². The lowest BCUT2D eigenvalue weighted by atomic mass is 10.2. The van der Waals surface area contributed by atoms with E-state index in [2.05, 4.69) is 10.5 Å². The summed E-state index contributed by atoms with van der Waals surface area (Å²) in [6, 6.07) is 12.4. The van der Waals surface area contributed by atoms with Gasteiger partial charge in [0.05, 0.1) is 16.3 Å². The molecule has 0 aliphatic carbocycles. The van der Waals surface area contributed by atoms with Crippen molar-refractivity contribution in [3.63, 3.8) is 0 Å². The Morgan fingerprint density at radius 2 is 1.87 bits per heavy atom. The minimum Gasteiger partial charge on any atom is -0.386 e. The van der Waals surface area contributed by atoms with Crippen LogP contribution in [0.4, 0.5) is 0 Å². The van der Waals surface area contributed by atoms with E-state index < -0.39 is 0 Å². The van der Waals surface area contributed by atoms with Gasteiger partial charge in [0, 0.05) is 17.1 Å². The standard InChI is InChI=1S/C16H13Cl3N2O2/c17-13-6-4-11(5-7-13)8-20-15(22)10-23-21-9-12-2-1-3-14(18)16(12)19/h1-7,9H,8,10H2,(H,20,22)/b21-9-. The summed E-state index contributed by atoms with van der Waals surface area (Å²) < 4.78 is 0. The summed E-state index contributed by atoms with van der Waals surface area (Å²) in [5.74, 6) is -0.283. The molecule has 0 aliphatic rings. The van der Waals surface area contributed by atoms with Crippen molar-refractivity contribution in [3.05, 3.63) is 68.7 Å².